The third-order valence-electron chi connectivity index (χ3n) is 4.29. The van der Waals surface area contributed by atoms with Gasteiger partial charge in [-0.3, -0.25) is 4.79 Å². The fraction of sp³-hybridized carbons (Fsp3) is 0.923. The first kappa shape index (κ1) is 15.7. The van der Waals surface area contributed by atoms with Crippen molar-refractivity contribution in [2.24, 2.45) is 0 Å². The van der Waals surface area contributed by atoms with Gasteiger partial charge in [0.1, 0.15) is 6.04 Å². The average molecular weight is 303 g/mol. The molecule has 1 aliphatic heterocycles. The van der Waals surface area contributed by atoms with Gasteiger partial charge in [0, 0.05) is 19.6 Å². The van der Waals surface area contributed by atoms with E-state index in [0.29, 0.717) is 13.0 Å². The molecule has 1 atom stereocenters. The first-order valence-corrected chi connectivity index (χ1v) is 8.98. The second kappa shape index (κ2) is 6.87. The van der Waals surface area contributed by atoms with Gasteiger partial charge < -0.3 is 5.32 Å². The molecule has 0 aromatic rings. The summed E-state index contributed by atoms with van der Waals surface area (Å²) in [5, 5.41) is 2.75. The molecule has 2 fully saturated rings. The molecule has 1 heterocycles. The van der Waals surface area contributed by atoms with E-state index < -0.39 is 16.3 Å². The van der Waals surface area contributed by atoms with Crippen molar-refractivity contribution in [2.75, 3.05) is 13.6 Å². The molecule has 0 spiro atoms. The zero-order chi connectivity index (χ0) is 14.6. The van der Waals surface area contributed by atoms with Gasteiger partial charge in [0.25, 0.3) is 10.2 Å². The number of hydrogen-bond acceptors (Lipinski definition) is 3. The molecule has 116 valence electrons. The van der Waals surface area contributed by atoms with Crippen LogP contribution < -0.4 is 10.0 Å². The van der Waals surface area contributed by atoms with E-state index in [2.05, 4.69) is 10.0 Å². The van der Waals surface area contributed by atoms with Crippen LogP contribution in [0.5, 0.6) is 0 Å². The topological polar surface area (TPSA) is 78.5 Å². The van der Waals surface area contributed by atoms with Gasteiger partial charge in [-0.1, -0.05) is 19.3 Å². The normalized spacial score (nSPS) is 26.3. The van der Waals surface area contributed by atoms with Gasteiger partial charge in [-0.2, -0.15) is 17.4 Å². The molecule has 2 rings (SSSR count). The van der Waals surface area contributed by atoms with Gasteiger partial charge in [-0.05, 0) is 32.1 Å². The molecule has 2 N–H and O–H groups in total. The molecule has 0 aromatic carbocycles. The number of amides is 1. The van der Waals surface area contributed by atoms with Crippen molar-refractivity contribution >= 4 is 16.1 Å². The van der Waals surface area contributed by atoms with Gasteiger partial charge in [0.2, 0.25) is 5.91 Å². The minimum atomic E-state index is -3.59. The Labute approximate surface area is 121 Å². The van der Waals surface area contributed by atoms with Crippen LogP contribution in [0.2, 0.25) is 0 Å². The minimum Gasteiger partial charge on any atom is -0.355 e. The maximum Gasteiger partial charge on any atom is 0.280 e. The molecule has 1 aliphatic carbocycles. The Bertz CT molecular complexity index is 432. The number of nitrogens with zero attached hydrogens (tertiary/aromatic N) is 1. The fourth-order valence-electron chi connectivity index (χ4n) is 2.96. The van der Waals surface area contributed by atoms with Crippen molar-refractivity contribution in [1.29, 1.82) is 0 Å². The lowest BCUT2D eigenvalue weighted by molar-refractivity contribution is -0.122. The lowest BCUT2D eigenvalue weighted by Crippen LogP contribution is -2.52. The minimum absolute atomic E-state index is 0.0649. The highest BCUT2D eigenvalue weighted by atomic mass is 32.2. The molecule has 1 saturated carbocycles. The quantitative estimate of drug-likeness (QED) is 0.804. The van der Waals surface area contributed by atoms with Crippen LogP contribution in [-0.4, -0.2) is 44.3 Å². The Morgan fingerprint density at radius 1 is 1.10 bits per heavy atom. The molecule has 20 heavy (non-hydrogen) atoms. The van der Waals surface area contributed by atoms with E-state index in [-0.39, 0.29) is 11.9 Å². The van der Waals surface area contributed by atoms with Crippen LogP contribution in [0.15, 0.2) is 0 Å². The van der Waals surface area contributed by atoms with Crippen molar-refractivity contribution in [3.63, 3.8) is 0 Å². The lowest BCUT2D eigenvalue weighted by atomic mass is 9.96. The largest absolute Gasteiger partial charge is 0.355 e. The van der Waals surface area contributed by atoms with E-state index in [9.17, 15) is 13.2 Å². The van der Waals surface area contributed by atoms with Gasteiger partial charge in [-0.25, -0.2) is 0 Å². The first-order chi connectivity index (χ1) is 9.50. The van der Waals surface area contributed by atoms with Crippen molar-refractivity contribution in [1.82, 2.24) is 14.3 Å². The summed E-state index contributed by atoms with van der Waals surface area (Å²) < 4.78 is 28.8. The summed E-state index contributed by atoms with van der Waals surface area (Å²) in [5.74, 6) is -0.205. The summed E-state index contributed by atoms with van der Waals surface area (Å²) in [4.78, 5) is 11.8. The number of carbonyl (C=O) groups excluding carboxylic acids is 1. The van der Waals surface area contributed by atoms with Crippen LogP contribution in [0, 0.1) is 0 Å². The SMILES string of the molecule is CN(C1CCCCC1)S(=O)(=O)NC1CCCCNC1=O. The third-order valence-corrected chi connectivity index (χ3v) is 5.93. The molecule has 0 bridgehead atoms. The van der Waals surface area contributed by atoms with Crippen LogP contribution in [0.1, 0.15) is 51.4 Å². The van der Waals surface area contributed by atoms with Crippen LogP contribution in [-0.2, 0) is 15.0 Å². The molecule has 6 nitrogen and oxygen atoms in total. The summed E-state index contributed by atoms with van der Waals surface area (Å²) in [6, 6.07) is -0.566. The summed E-state index contributed by atoms with van der Waals surface area (Å²) in [6.45, 7) is 0.634. The van der Waals surface area contributed by atoms with Crippen LogP contribution in [0.4, 0.5) is 0 Å². The molecular weight excluding hydrogens is 278 g/mol. The smallest absolute Gasteiger partial charge is 0.280 e. The van der Waals surface area contributed by atoms with E-state index in [1.165, 1.54) is 10.7 Å². The number of carbonyl (C=O) groups is 1. The Morgan fingerprint density at radius 3 is 2.45 bits per heavy atom. The van der Waals surface area contributed by atoms with Crippen molar-refractivity contribution < 1.29 is 13.2 Å². The molecule has 1 amide bonds. The second-order valence-electron chi connectivity index (χ2n) is 5.77. The monoisotopic (exact) mass is 303 g/mol. The van der Waals surface area contributed by atoms with E-state index in [1.54, 1.807) is 7.05 Å². The first-order valence-electron chi connectivity index (χ1n) is 7.54. The summed E-state index contributed by atoms with van der Waals surface area (Å²) >= 11 is 0. The Hall–Kier alpha value is -0.660. The second-order valence-corrected chi connectivity index (χ2v) is 7.53. The van der Waals surface area contributed by atoms with Crippen LogP contribution >= 0.6 is 0 Å². The number of rotatable bonds is 4. The molecule has 2 aliphatic rings. The summed E-state index contributed by atoms with van der Waals surface area (Å²) in [7, 11) is -1.97. The van der Waals surface area contributed by atoms with Crippen molar-refractivity contribution in [2.45, 2.75) is 63.5 Å². The highest BCUT2D eigenvalue weighted by Gasteiger charge is 2.32. The fourth-order valence-corrected chi connectivity index (χ4v) is 4.31. The van der Waals surface area contributed by atoms with E-state index in [0.717, 1.165) is 38.5 Å². The highest BCUT2D eigenvalue weighted by Crippen LogP contribution is 2.23. The Morgan fingerprint density at radius 2 is 1.75 bits per heavy atom. The number of nitrogens with one attached hydrogen (secondary N) is 2. The van der Waals surface area contributed by atoms with Gasteiger partial charge in [0.05, 0.1) is 0 Å². The molecule has 1 unspecified atom stereocenters. The molecule has 0 radical (unpaired) electrons. The standard InChI is InChI=1S/C13H25N3O3S/c1-16(11-7-3-2-4-8-11)20(18,19)15-12-9-5-6-10-14-13(12)17/h11-12,15H,2-10H2,1H3,(H,14,17). The lowest BCUT2D eigenvalue weighted by Gasteiger charge is -2.31. The molecule has 0 aromatic heterocycles. The molecular formula is C13H25N3O3S. The highest BCUT2D eigenvalue weighted by molar-refractivity contribution is 7.87. The third kappa shape index (κ3) is 3.93. The predicted octanol–water partition coefficient (Wildman–Crippen LogP) is 0.754. The maximum absolute atomic E-state index is 12.4. The molecule has 7 heteroatoms. The summed E-state index contributed by atoms with van der Waals surface area (Å²) in [5.41, 5.74) is 0. The number of hydrogen-bond donors (Lipinski definition) is 2. The van der Waals surface area contributed by atoms with Crippen LogP contribution in [0.25, 0.3) is 0 Å². The van der Waals surface area contributed by atoms with Gasteiger partial charge >= 0.3 is 0 Å². The van der Waals surface area contributed by atoms with Crippen molar-refractivity contribution in [3.05, 3.63) is 0 Å². The Kier molecular flexibility index (Phi) is 5.40. The molecule has 1 saturated heterocycles. The average Bonchev–Trinajstić information content (AvgIpc) is 2.64. The van der Waals surface area contributed by atoms with Crippen LogP contribution in [0.3, 0.4) is 0 Å². The Balaban J connectivity index is 1.99. The van der Waals surface area contributed by atoms with Gasteiger partial charge in [0.15, 0.2) is 0 Å². The maximum atomic E-state index is 12.4. The van der Waals surface area contributed by atoms with E-state index >= 15 is 0 Å². The van der Waals surface area contributed by atoms with E-state index in [4.69, 9.17) is 0 Å². The van der Waals surface area contributed by atoms with Gasteiger partial charge in [-0.15, -0.1) is 0 Å². The van der Waals surface area contributed by atoms with E-state index in [1.807, 2.05) is 0 Å². The zero-order valence-electron chi connectivity index (χ0n) is 12.1. The summed E-state index contributed by atoms with van der Waals surface area (Å²) in [6.07, 6.45) is 7.50. The predicted molar refractivity (Wildman–Crippen MR) is 77.3 cm³/mol. The van der Waals surface area contributed by atoms with Crippen molar-refractivity contribution in [3.8, 4) is 0 Å². The zero-order valence-corrected chi connectivity index (χ0v) is 12.9.